The van der Waals surface area contributed by atoms with Crippen molar-refractivity contribution in [2.45, 2.75) is 17.8 Å². The highest BCUT2D eigenvalue weighted by atomic mass is 35.5. The SMILES string of the molecule is Cc1ccc(-c2nnc(SCc3ccc(Cl)cc3Cl)n2C)cc1. The van der Waals surface area contributed by atoms with Gasteiger partial charge in [-0.15, -0.1) is 10.2 Å². The van der Waals surface area contributed by atoms with Crippen LogP contribution in [-0.2, 0) is 12.8 Å². The fourth-order valence-corrected chi connectivity index (χ4v) is 3.65. The highest BCUT2D eigenvalue weighted by Crippen LogP contribution is 2.29. The van der Waals surface area contributed by atoms with Gasteiger partial charge in [0.1, 0.15) is 0 Å². The molecule has 0 aliphatic heterocycles. The summed E-state index contributed by atoms with van der Waals surface area (Å²) < 4.78 is 2.00. The Morgan fingerprint density at radius 3 is 2.48 bits per heavy atom. The van der Waals surface area contributed by atoms with Crippen LogP contribution in [-0.4, -0.2) is 14.8 Å². The van der Waals surface area contributed by atoms with Crippen molar-refractivity contribution in [2.24, 2.45) is 7.05 Å². The molecule has 3 nitrogen and oxygen atoms in total. The number of hydrogen-bond donors (Lipinski definition) is 0. The normalized spacial score (nSPS) is 11.0. The van der Waals surface area contributed by atoms with Gasteiger partial charge in [-0.05, 0) is 24.6 Å². The molecule has 0 radical (unpaired) electrons. The van der Waals surface area contributed by atoms with Crippen LogP contribution in [0.15, 0.2) is 47.6 Å². The lowest BCUT2D eigenvalue weighted by atomic mass is 10.1. The number of aromatic nitrogens is 3. The van der Waals surface area contributed by atoms with Gasteiger partial charge in [0, 0.05) is 28.4 Å². The summed E-state index contributed by atoms with van der Waals surface area (Å²) in [6.45, 7) is 2.07. The van der Waals surface area contributed by atoms with Crippen molar-refractivity contribution in [3.63, 3.8) is 0 Å². The smallest absolute Gasteiger partial charge is 0.191 e. The first kappa shape index (κ1) is 16.4. The van der Waals surface area contributed by atoms with E-state index in [4.69, 9.17) is 23.2 Å². The Bertz CT molecular complexity index is 828. The van der Waals surface area contributed by atoms with Crippen LogP contribution in [0.5, 0.6) is 0 Å². The predicted octanol–water partition coefficient (Wildman–Crippen LogP) is 5.39. The molecular formula is C17H15Cl2N3S. The molecule has 2 aromatic carbocycles. The molecule has 118 valence electrons. The Morgan fingerprint density at radius 2 is 1.78 bits per heavy atom. The molecule has 0 amide bonds. The van der Waals surface area contributed by atoms with Crippen LogP contribution in [0.1, 0.15) is 11.1 Å². The van der Waals surface area contributed by atoms with E-state index in [1.807, 2.05) is 23.7 Å². The Balaban J connectivity index is 1.78. The van der Waals surface area contributed by atoms with Crippen LogP contribution in [0, 0.1) is 6.92 Å². The first-order chi connectivity index (χ1) is 11.0. The van der Waals surface area contributed by atoms with Crippen molar-refractivity contribution >= 4 is 35.0 Å². The summed E-state index contributed by atoms with van der Waals surface area (Å²) in [5, 5.41) is 10.8. The molecule has 6 heteroatoms. The maximum atomic E-state index is 6.21. The van der Waals surface area contributed by atoms with Crippen molar-refractivity contribution in [1.82, 2.24) is 14.8 Å². The summed E-state index contributed by atoms with van der Waals surface area (Å²) in [6.07, 6.45) is 0. The second kappa shape index (κ2) is 6.95. The molecule has 0 aliphatic rings. The second-order valence-corrected chi connectivity index (χ2v) is 7.04. The van der Waals surface area contributed by atoms with Crippen LogP contribution < -0.4 is 0 Å². The van der Waals surface area contributed by atoms with Gasteiger partial charge in [0.05, 0.1) is 0 Å². The first-order valence-electron chi connectivity index (χ1n) is 7.08. The summed E-state index contributed by atoms with van der Waals surface area (Å²) in [7, 11) is 1.97. The fourth-order valence-electron chi connectivity index (χ4n) is 2.18. The van der Waals surface area contributed by atoms with E-state index in [1.165, 1.54) is 5.56 Å². The third-order valence-electron chi connectivity index (χ3n) is 3.52. The summed E-state index contributed by atoms with van der Waals surface area (Å²) in [4.78, 5) is 0. The van der Waals surface area contributed by atoms with Gasteiger partial charge in [0.25, 0.3) is 0 Å². The third kappa shape index (κ3) is 3.71. The first-order valence-corrected chi connectivity index (χ1v) is 8.82. The van der Waals surface area contributed by atoms with E-state index >= 15 is 0 Å². The van der Waals surface area contributed by atoms with Gasteiger partial charge >= 0.3 is 0 Å². The summed E-state index contributed by atoms with van der Waals surface area (Å²) in [5.74, 6) is 1.57. The van der Waals surface area contributed by atoms with Crippen LogP contribution in [0.3, 0.4) is 0 Å². The van der Waals surface area contributed by atoms with E-state index < -0.39 is 0 Å². The quantitative estimate of drug-likeness (QED) is 0.582. The zero-order valence-electron chi connectivity index (χ0n) is 12.8. The zero-order valence-corrected chi connectivity index (χ0v) is 15.1. The molecular weight excluding hydrogens is 349 g/mol. The van der Waals surface area contributed by atoms with Gasteiger partial charge in [-0.1, -0.05) is 70.9 Å². The molecule has 0 saturated heterocycles. The van der Waals surface area contributed by atoms with Crippen molar-refractivity contribution in [3.8, 4) is 11.4 Å². The lowest BCUT2D eigenvalue weighted by Crippen LogP contribution is -1.95. The lowest BCUT2D eigenvalue weighted by Gasteiger charge is -2.06. The summed E-state index contributed by atoms with van der Waals surface area (Å²) in [6, 6.07) is 13.8. The standard InChI is InChI=1S/C17H15Cl2N3S/c1-11-3-5-12(6-4-11)16-20-21-17(22(16)2)23-10-13-7-8-14(18)9-15(13)19/h3-9H,10H2,1-2H3. The molecule has 0 aliphatic carbocycles. The number of nitrogens with zero attached hydrogens (tertiary/aromatic N) is 3. The highest BCUT2D eigenvalue weighted by Gasteiger charge is 2.12. The Labute approximate surface area is 149 Å². The molecule has 23 heavy (non-hydrogen) atoms. The van der Waals surface area contributed by atoms with E-state index in [9.17, 15) is 0 Å². The van der Waals surface area contributed by atoms with Gasteiger partial charge in [-0.3, -0.25) is 0 Å². The van der Waals surface area contributed by atoms with E-state index in [2.05, 4.69) is 41.4 Å². The molecule has 0 fully saturated rings. The summed E-state index contributed by atoms with van der Waals surface area (Å²) >= 11 is 13.7. The molecule has 1 heterocycles. The minimum Gasteiger partial charge on any atom is -0.305 e. The number of hydrogen-bond acceptors (Lipinski definition) is 3. The third-order valence-corrected chi connectivity index (χ3v) is 5.17. The molecule has 3 aromatic rings. The molecule has 0 bridgehead atoms. The molecule has 0 unspecified atom stereocenters. The van der Waals surface area contributed by atoms with Gasteiger partial charge in [0.15, 0.2) is 11.0 Å². The molecule has 3 rings (SSSR count). The second-order valence-electron chi connectivity index (χ2n) is 5.26. The van der Waals surface area contributed by atoms with E-state index in [1.54, 1.807) is 17.8 Å². The number of rotatable bonds is 4. The van der Waals surface area contributed by atoms with Crippen LogP contribution in [0.25, 0.3) is 11.4 Å². The van der Waals surface area contributed by atoms with Crippen LogP contribution >= 0.6 is 35.0 Å². The van der Waals surface area contributed by atoms with Gasteiger partial charge < -0.3 is 4.57 Å². The number of benzene rings is 2. The van der Waals surface area contributed by atoms with Gasteiger partial charge in [-0.25, -0.2) is 0 Å². The van der Waals surface area contributed by atoms with Crippen molar-refractivity contribution in [2.75, 3.05) is 0 Å². The highest BCUT2D eigenvalue weighted by molar-refractivity contribution is 7.98. The van der Waals surface area contributed by atoms with Gasteiger partial charge in [0.2, 0.25) is 0 Å². The fraction of sp³-hybridized carbons (Fsp3) is 0.176. The summed E-state index contributed by atoms with van der Waals surface area (Å²) in [5.41, 5.74) is 3.31. The van der Waals surface area contributed by atoms with Crippen LogP contribution in [0.4, 0.5) is 0 Å². The molecule has 0 saturated carbocycles. The Kier molecular flexibility index (Phi) is 4.95. The van der Waals surface area contributed by atoms with Crippen LogP contribution in [0.2, 0.25) is 10.0 Å². The number of aryl methyl sites for hydroxylation is 1. The Hall–Kier alpha value is -1.49. The van der Waals surface area contributed by atoms with Crippen molar-refractivity contribution < 1.29 is 0 Å². The molecule has 0 atom stereocenters. The zero-order chi connectivity index (χ0) is 16.4. The lowest BCUT2D eigenvalue weighted by molar-refractivity contribution is 0.794. The number of thioether (sulfide) groups is 1. The predicted molar refractivity (Wildman–Crippen MR) is 97.2 cm³/mol. The monoisotopic (exact) mass is 363 g/mol. The molecule has 0 spiro atoms. The largest absolute Gasteiger partial charge is 0.305 e. The topological polar surface area (TPSA) is 30.7 Å². The minimum absolute atomic E-state index is 0.643. The minimum atomic E-state index is 0.643. The maximum Gasteiger partial charge on any atom is 0.191 e. The molecule has 1 aromatic heterocycles. The van der Waals surface area contributed by atoms with E-state index in [0.29, 0.717) is 10.0 Å². The van der Waals surface area contributed by atoms with Gasteiger partial charge in [-0.2, -0.15) is 0 Å². The average Bonchev–Trinajstić information content (AvgIpc) is 2.88. The number of halogens is 2. The van der Waals surface area contributed by atoms with Crippen molar-refractivity contribution in [3.05, 3.63) is 63.6 Å². The van der Waals surface area contributed by atoms with E-state index in [-0.39, 0.29) is 0 Å². The maximum absolute atomic E-state index is 6.21. The molecule has 0 N–H and O–H groups in total. The average molecular weight is 364 g/mol. The van der Waals surface area contributed by atoms with Crippen molar-refractivity contribution in [1.29, 1.82) is 0 Å². The van der Waals surface area contributed by atoms with E-state index in [0.717, 1.165) is 27.9 Å². The Morgan fingerprint density at radius 1 is 1.04 bits per heavy atom.